The lowest BCUT2D eigenvalue weighted by Gasteiger charge is -2.16. The van der Waals surface area contributed by atoms with E-state index in [4.69, 9.17) is 0 Å². The number of aliphatic hydroxyl groups excluding tert-OH is 1. The van der Waals surface area contributed by atoms with Crippen LogP contribution in [0, 0.1) is 16.0 Å². The second-order valence-corrected chi connectivity index (χ2v) is 3.66. The summed E-state index contributed by atoms with van der Waals surface area (Å²) in [7, 11) is 0. The molecule has 2 atom stereocenters. The van der Waals surface area contributed by atoms with Crippen LogP contribution in [0.2, 0.25) is 0 Å². The van der Waals surface area contributed by atoms with E-state index in [0.29, 0.717) is 0 Å². The molecule has 0 unspecified atom stereocenters. The molecule has 5 nitrogen and oxygen atoms in total. The third-order valence-electron chi connectivity index (χ3n) is 2.57. The highest BCUT2D eigenvalue weighted by Gasteiger charge is 2.26. The lowest BCUT2D eigenvalue weighted by molar-refractivity contribution is -0.386. The number of benzene rings is 1. The van der Waals surface area contributed by atoms with Crippen molar-refractivity contribution >= 4 is 11.5 Å². The lowest BCUT2D eigenvalue weighted by Crippen LogP contribution is -2.17. The number of nitrogens with zero attached hydrogens (tertiary/aromatic N) is 1. The Morgan fingerprint density at radius 3 is 2.50 bits per heavy atom. The van der Waals surface area contributed by atoms with Crippen molar-refractivity contribution in [3.8, 4) is 0 Å². The zero-order valence-corrected chi connectivity index (χ0v) is 9.08. The van der Waals surface area contributed by atoms with E-state index < -0.39 is 16.9 Å². The van der Waals surface area contributed by atoms with Gasteiger partial charge in [0.25, 0.3) is 5.69 Å². The molecule has 16 heavy (non-hydrogen) atoms. The van der Waals surface area contributed by atoms with Crippen LogP contribution in [-0.2, 0) is 4.79 Å². The molecule has 1 aromatic carbocycles. The zero-order chi connectivity index (χ0) is 12.3. The van der Waals surface area contributed by atoms with E-state index in [1.807, 2.05) is 0 Å². The highest BCUT2D eigenvalue weighted by molar-refractivity contribution is 5.78. The number of carbonyl (C=O) groups is 1. The van der Waals surface area contributed by atoms with Gasteiger partial charge in [-0.25, -0.2) is 0 Å². The predicted molar refractivity (Wildman–Crippen MR) is 57.9 cm³/mol. The van der Waals surface area contributed by atoms with Crippen LogP contribution in [0.4, 0.5) is 5.69 Å². The number of nitro benzene ring substituents is 1. The van der Waals surface area contributed by atoms with Crippen molar-refractivity contribution < 1.29 is 14.8 Å². The Bertz CT molecular complexity index is 416. The Morgan fingerprint density at radius 2 is 2.00 bits per heavy atom. The van der Waals surface area contributed by atoms with Crippen LogP contribution in [0.15, 0.2) is 24.3 Å². The van der Waals surface area contributed by atoms with Gasteiger partial charge in [-0.1, -0.05) is 19.1 Å². The van der Waals surface area contributed by atoms with Gasteiger partial charge in [0.2, 0.25) is 0 Å². The molecule has 0 saturated carbocycles. The monoisotopic (exact) mass is 223 g/mol. The summed E-state index contributed by atoms with van der Waals surface area (Å²) < 4.78 is 0. The maximum absolute atomic E-state index is 11.1. The average Bonchev–Trinajstić information content (AvgIpc) is 2.26. The number of Topliss-reactive ketones (excluding diaryl/α,β-unsaturated/α-hetero) is 1. The Balaban J connectivity index is 3.12. The van der Waals surface area contributed by atoms with Crippen LogP contribution in [-0.4, -0.2) is 15.8 Å². The maximum Gasteiger partial charge on any atom is 0.275 e. The first-order chi connectivity index (χ1) is 7.45. The van der Waals surface area contributed by atoms with Crippen molar-refractivity contribution in [3.05, 3.63) is 39.9 Å². The standard InChI is InChI=1S/C11H13NO4/c1-7(8(2)13)11(14)9-5-3-4-6-10(9)12(15)16/h3-7,11,14H,1-2H3/t7-,11-/m1/s1. The topological polar surface area (TPSA) is 80.4 Å². The van der Waals surface area contributed by atoms with Crippen molar-refractivity contribution in [2.45, 2.75) is 20.0 Å². The van der Waals surface area contributed by atoms with Crippen molar-refractivity contribution in [1.29, 1.82) is 0 Å². The molecule has 5 heteroatoms. The van der Waals surface area contributed by atoms with E-state index in [1.54, 1.807) is 13.0 Å². The van der Waals surface area contributed by atoms with E-state index in [0.717, 1.165) is 0 Å². The molecule has 0 spiro atoms. The van der Waals surface area contributed by atoms with Crippen molar-refractivity contribution in [1.82, 2.24) is 0 Å². The summed E-state index contributed by atoms with van der Waals surface area (Å²) in [6.07, 6.45) is -1.14. The summed E-state index contributed by atoms with van der Waals surface area (Å²) in [5.74, 6) is -0.855. The molecule has 0 saturated heterocycles. The molecule has 0 aliphatic heterocycles. The quantitative estimate of drug-likeness (QED) is 0.624. The Hall–Kier alpha value is -1.75. The number of para-hydroxylation sites is 1. The van der Waals surface area contributed by atoms with Gasteiger partial charge >= 0.3 is 0 Å². The fourth-order valence-corrected chi connectivity index (χ4v) is 1.40. The average molecular weight is 223 g/mol. The molecule has 86 valence electrons. The first kappa shape index (κ1) is 12.3. The molecule has 0 aliphatic carbocycles. The highest BCUT2D eigenvalue weighted by atomic mass is 16.6. The molecule has 0 heterocycles. The SMILES string of the molecule is CC(=O)[C@@H](C)[C@@H](O)c1ccccc1[N+](=O)[O-]. The van der Waals surface area contributed by atoms with Crippen LogP contribution in [0.1, 0.15) is 25.5 Å². The Labute approximate surface area is 92.9 Å². The van der Waals surface area contributed by atoms with Gasteiger partial charge < -0.3 is 5.11 Å². The maximum atomic E-state index is 11.1. The Kier molecular flexibility index (Phi) is 3.73. The third kappa shape index (κ3) is 2.43. The van der Waals surface area contributed by atoms with Gasteiger partial charge in [-0.2, -0.15) is 0 Å². The van der Waals surface area contributed by atoms with E-state index in [2.05, 4.69) is 0 Å². The van der Waals surface area contributed by atoms with Gasteiger partial charge in [-0.3, -0.25) is 14.9 Å². The summed E-state index contributed by atoms with van der Waals surface area (Å²) in [6.45, 7) is 2.90. The Morgan fingerprint density at radius 1 is 1.44 bits per heavy atom. The minimum absolute atomic E-state index is 0.164. The number of hydrogen-bond acceptors (Lipinski definition) is 4. The molecular weight excluding hydrogens is 210 g/mol. The number of aliphatic hydroxyl groups is 1. The third-order valence-corrected chi connectivity index (χ3v) is 2.57. The summed E-state index contributed by atoms with van der Waals surface area (Å²) in [6, 6.07) is 5.89. The van der Waals surface area contributed by atoms with E-state index >= 15 is 0 Å². The first-order valence-electron chi connectivity index (χ1n) is 4.87. The molecule has 0 amide bonds. The van der Waals surface area contributed by atoms with Crippen LogP contribution in [0.3, 0.4) is 0 Å². The molecule has 0 bridgehead atoms. The smallest absolute Gasteiger partial charge is 0.275 e. The van der Waals surface area contributed by atoms with Gasteiger partial charge in [0.1, 0.15) is 5.78 Å². The molecule has 0 radical (unpaired) electrons. The zero-order valence-electron chi connectivity index (χ0n) is 9.08. The van der Waals surface area contributed by atoms with Gasteiger partial charge in [-0.15, -0.1) is 0 Å². The largest absolute Gasteiger partial charge is 0.387 e. The molecule has 0 aromatic heterocycles. The minimum atomic E-state index is -1.14. The lowest BCUT2D eigenvalue weighted by atomic mass is 9.93. The molecule has 1 aromatic rings. The number of rotatable bonds is 4. The summed E-state index contributed by atoms with van der Waals surface area (Å²) >= 11 is 0. The van der Waals surface area contributed by atoms with Crippen molar-refractivity contribution in [2.75, 3.05) is 0 Å². The summed E-state index contributed by atoms with van der Waals surface area (Å²) in [5, 5.41) is 20.6. The number of carbonyl (C=O) groups excluding carboxylic acids is 1. The van der Waals surface area contributed by atoms with E-state index in [9.17, 15) is 20.0 Å². The first-order valence-corrected chi connectivity index (χ1v) is 4.87. The van der Waals surface area contributed by atoms with Crippen LogP contribution >= 0.6 is 0 Å². The highest BCUT2D eigenvalue weighted by Crippen LogP contribution is 2.29. The van der Waals surface area contributed by atoms with Crippen molar-refractivity contribution in [2.24, 2.45) is 5.92 Å². The normalized spacial score (nSPS) is 14.2. The van der Waals surface area contributed by atoms with Gasteiger partial charge in [-0.05, 0) is 13.0 Å². The minimum Gasteiger partial charge on any atom is -0.387 e. The van der Waals surface area contributed by atoms with Gasteiger partial charge in [0, 0.05) is 12.0 Å². The van der Waals surface area contributed by atoms with Crippen LogP contribution < -0.4 is 0 Å². The van der Waals surface area contributed by atoms with E-state index in [-0.39, 0.29) is 17.0 Å². The molecule has 0 aliphatic rings. The number of hydrogen-bond donors (Lipinski definition) is 1. The predicted octanol–water partition coefficient (Wildman–Crippen LogP) is 1.85. The fourth-order valence-electron chi connectivity index (χ4n) is 1.40. The second-order valence-electron chi connectivity index (χ2n) is 3.66. The van der Waals surface area contributed by atoms with Gasteiger partial charge in [0.05, 0.1) is 16.6 Å². The molecular formula is C11H13NO4. The second kappa shape index (κ2) is 4.85. The summed E-state index contributed by atoms with van der Waals surface area (Å²) in [5.41, 5.74) is 0.0123. The van der Waals surface area contributed by atoms with E-state index in [1.165, 1.54) is 25.1 Å². The van der Waals surface area contributed by atoms with Crippen LogP contribution in [0.25, 0.3) is 0 Å². The van der Waals surface area contributed by atoms with Crippen LogP contribution in [0.5, 0.6) is 0 Å². The molecule has 1 rings (SSSR count). The van der Waals surface area contributed by atoms with Gasteiger partial charge in [0.15, 0.2) is 0 Å². The van der Waals surface area contributed by atoms with Crippen molar-refractivity contribution in [3.63, 3.8) is 0 Å². The number of ketones is 1. The number of nitro groups is 1. The molecule has 0 fully saturated rings. The fraction of sp³-hybridized carbons (Fsp3) is 0.364. The summed E-state index contributed by atoms with van der Waals surface area (Å²) in [4.78, 5) is 21.3. The molecule has 1 N–H and O–H groups in total.